The number of nitrogens with zero attached hydrogens (tertiary/aromatic N) is 2. The Labute approximate surface area is 133 Å². The van der Waals surface area contributed by atoms with Gasteiger partial charge in [0.1, 0.15) is 0 Å². The molecule has 1 heterocycles. The van der Waals surface area contributed by atoms with Gasteiger partial charge in [-0.15, -0.1) is 0 Å². The molecule has 23 heavy (non-hydrogen) atoms. The van der Waals surface area contributed by atoms with E-state index in [0.29, 0.717) is 10.7 Å². The highest BCUT2D eigenvalue weighted by molar-refractivity contribution is 6.33. The van der Waals surface area contributed by atoms with Crippen molar-refractivity contribution in [2.75, 3.05) is 6.54 Å². The Morgan fingerprint density at radius 1 is 1.22 bits per heavy atom. The molecule has 122 valence electrons. The fourth-order valence-electron chi connectivity index (χ4n) is 1.78. The van der Waals surface area contributed by atoms with Crippen LogP contribution in [0.3, 0.4) is 0 Å². The molecule has 1 amide bonds. The molecular formula is C14H11ClF3N3O2. The molecule has 0 radical (unpaired) electrons. The SMILES string of the molecule is O=C(NCCn1nc(C(F)(F)F)ccc1=O)c1ccccc1Cl. The fraction of sp³-hybridized carbons (Fsp3) is 0.214. The van der Waals surface area contributed by atoms with Crippen molar-refractivity contribution in [3.05, 3.63) is 63.0 Å². The minimum Gasteiger partial charge on any atom is -0.350 e. The standard InChI is InChI=1S/C14H11ClF3N3O2/c15-10-4-2-1-3-9(10)13(23)19-7-8-21-12(22)6-5-11(20-21)14(16,17)18/h1-6H,7-8H2,(H,19,23). The average molecular weight is 346 g/mol. The summed E-state index contributed by atoms with van der Waals surface area (Å²) in [6.07, 6.45) is -4.64. The molecule has 0 saturated carbocycles. The molecule has 5 nitrogen and oxygen atoms in total. The van der Waals surface area contributed by atoms with Crippen molar-refractivity contribution >= 4 is 17.5 Å². The van der Waals surface area contributed by atoms with Gasteiger partial charge in [-0.1, -0.05) is 23.7 Å². The minimum atomic E-state index is -4.64. The summed E-state index contributed by atoms with van der Waals surface area (Å²) in [5.41, 5.74) is -1.63. The molecular weight excluding hydrogens is 335 g/mol. The number of carbonyl (C=O) groups is 1. The number of carbonyl (C=O) groups excluding carboxylic acids is 1. The van der Waals surface area contributed by atoms with Gasteiger partial charge in [0.05, 0.1) is 17.1 Å². The second kappa shape index (κ2) is 6.82. The highest BCUT2D eigenvalue weighted by atomic mass is 35.5. The van der Waals surface area contributed by atoms with Gasteiger partial charge in [0.25, 0.3) is 11.5 Å². The van der Waals surface area contributed by atoms with Crippen molar-refractivity contribution in [3.8, 4) is 0 Å². The maximum absolute atomic E-state index is 12.6. The largest absolute Gasteiger partial charge is 0.435 e. The molecule has 0 unspecified atom stereocenters. The van der Waals surface area contributed by atoms with Gasteiger partial charge in [0.15, 0.2) is 5.69 Å². The molecule has 0 aliphatic rings. The van der Waals surface area contributed by atoms with Gasteiger partial charge in [-0.25, -0.2) is 4.68 Å². The van der Waals surface area contributed by atoms with Crippen LogP contribution in [-0.4, -0.2) is 22.2 Å². The summed E-state index contributed by atoms with van der Waals surface area (Å²) in [5.74, 6) is -0.490. The van der Waals surface area contributed by atoms with Gasteiger partial charge < -0.3 is 5.32 Å². The molecule has 0 aliphatic carbocycles. The number of rotatable bonds is 4. The van der Waals surface area contributed by atoms with E-state index < -0.39 is 23.3 Å². The summed E-state index contributed by atoms with van der Waals surface area (Å²) in [7, 11) is 0. The Hall–Kier alpha value is -2.35. The van der Waals surface area contributed by atoms with Crippen molar-refractivity contribution in [3.63, 3.8) is 0 Å². The van der Waals surface area contributed by atoms with Crippen LogP contribution in [0.4, 0.5) is 13.2 Å². The zero-order chi connectivity index (χ0) is 17.0. The summed E-state index contributed by atoms with van der Waals surface area (Å²) < 4.78 is 38.3. The fourth-order valence-corrected chi connectivity index (χ4v) is 2.00. The lowest BCUT2D eigenvalue weighted by atomic mass is 10.2. The van der Waals surface area contributed by atoms with Crippen molar-refractivity contribution in [2.45, 2.75) is 12.7 Å². The van der Waals surface area contributed by atoms with Gasteiger partial charge >= 0.3 is 6.18 Å². The van der Waals surface area contributed by atoms with Gasteiger partial charge in [-0.05, 0) is 18.2 Å². The van der Waals surface area contributed by atoms with E-state index >= 15 is 0 Å². The maximum Gasteiger partial charge on any atom is 0.435 e. The van der Waals surface area contributed by atoms with Crippen LogP contribution in [0.1, 0.15) is 16.1 Å². The van der Waals surface area contributed by atoms with E-state index in [1.165, 1.54) is 12.1 Å². The smallest absolute Gasteiger partial charge is 0.350 e. The van der Waals surface area contributed by atoms with Crippen LogP contribution in [0.25, 0.3) is 0 Å². The Morgan fingerprint density at radius 2 is 1.91 bits per heavy atom. The van der Waals surface area contributed by atoms with E-state index in [0.717, 1.165) is 6.07 Å². The first-order chi connectivity index (χ1) is 10.8. The first-order valence-corrected chi connectivity index (χ1v) is 6.85. The summed E-state index contributed by atoms with van der Waals surface area (Å²) in [5, 5.41) is 5.95. The van der Waals surface area contributed by atoms with Crippen molar-refractivity contribution in [1.29, 1.82) is 0 Å². The van der Waals surface area contributed by atoms with Crippen LogP contribution in [0.5, 0.6) is 0 Å². The van der Waals surface area contributed by atoms with Crippen molar-refractivity contribution in [2.24, 2.45) is 0 Å². The van der Waals surface area contributed by atoms with E-state index in [-0.39, 0.29) is 23.7 Å². The summed E-state index contributed by atoms with van der Waals surface area (Å²) in [6.45, 7) is -0.267. The van der Waals surface area contributed by atoms with Gasteiger partial charge in [-0.2, -0.15) is 18.3 Å². The average Bonchev–Trinajstić information content (AvgIpc) is 2.48. The Kier molecular flexibility index (Phi) is 5.05. The highest BCUT2D eigenvalue weighted by Gasteiger charge is 2.33. The molecule has 0 saturated heterocycles. The topological polar surface area (TPSA) is 64.0 Å². The lowest BCUT2D eigenvalue weighted by molar-refractivity contribution is -0.142. The highest BCUT2D eigenvalue weighted by Crippen LogP contribution is 2.26. The number of aromatic nitrogens is 2. The van der Waals surface area contributed by atoms with Crippen LogP contribution < -0.4 is 10.9 Å². The van der Waals surface area contributed by atoms with Crippen LogP contribution in [-0.2, 0) is 12.7 Å². The zero-order valence-electron chi connectivity index (χ0n) is 11.6. The van der Waals surface area contributed by atoms with Crippen LogP contribution in [0.2, 0.25) is 5.02 Å². The molecule has 0 bridgehead atoms. The van der Waals surface area contributed by atoms with Gasteiger partial charge in [0, 0.05) is 12.6 Å². The van der Waals surface area contributed by atoms with Crippen LogP contribution >= 0.6 is 11.6 Å². The number of benzene rings is 1. The van der Waals surface area contributed by atoms with E-state index in [1.54, 1.807) is 12.1 Å². The quantitative estimate of drug-likeness (QED) is 0.925. The first kappa shape index (κ1) is 17.0. The Morgan fingerprint density at radius 3 is 2.57 bits per heavy atom. The Bertz CT molecular complexity index is 774. The summed E-state index contributed by atoms with van der Waals surface area (Å²) >= 11 is 5.86. The number of alkyl halides is 3. The lowest BCUT2D eigenvalue weighted by Gasteiger charge is -2.10. The number of amides is 1. The molecule has 2 rings (SSSR count). The first-order valence-electron chi connectivity index (χ1n) is 6.47. The number of halogens is 4. The number of hydrogen-bond donors (Lipinski definition) is 1. The van der Waals surface area contributed by atoms with Gasteiger partial charge in [-0.3, -0.25) is 9.59 Å². The molecule has 9 heteroatoms. The second-order valence-electron chi connectivity index (χ2n) is 4.51. The maximum atomic E-state index is 12.6. The number of hydrogen-bond acceptors (Lipinski definition) is 3. The number of nitrogens with one attached hydrogen (secondary N) is 1. The normalized spacial score (nSPS) is 11.3. The third-order valence-electron chi connectivity index (χ3n) is 2.88. The van der Waals surface area contributed by atoms with E-state index in [4.69, 9.17) is 11.6 Å². The molecule has 1 aromatic heterocycles. The molecule has 0 fully saturated rings. The molecule has 0 aliphatic heterocycles. The third kappa shape index (κ3) is 4.32. The van der Waals surface area contributed by atoms with Crippen molar-refractivity contribution < 1.29 is 18.0 Å². The van der Waals surface area contributed by atoms with E-state index in [2.05, 4.69) is 10.4 Å². The predicted octanol–water partition coefficient (Wildman–Crippen LogP) is 2.35. The zero-order valence-corrected chi connectivity index (χ0v) is 12.4. The lowest BCUT2D eigenvalue weighted by Crippen LogP contribution is -2.33. The molecule has 1 N–H and O–H groups in total. The molecule has 0 spiro atoms. The second-order valence-corrected chi connectivity index (χ2v) is 4.92. The molecule has 1 aromatic carbocycles. The molecule has 2 aromatic rings. The van der Waals surface area contributed by atoms with Crippen LogP contribution in [0.15, 0.2) is 41.2 Å². The monoisotopic (exact) mass is 345 g/mol. The van der Waals surface area contributed by atoms with E-state index in [1.807, 2.05) is 0 Å². The minimum absolute atomic E-state index is 0.0712. The summed E-state index contributed by atoms with van der Waals surface area (Å²) in [6, 6.07) is 7.72. The predicted molar refractivity (Wildman–Crippen MR) is 77.3 cm³/mol. The molecule has 0 atom stereocenters. The summed E-state index contributed by atoms with van der Waals surface area (Å²) in [4.78, 5) is 23.4. The van der Waals surface area contributed by atoms with Crippen molar-refractivity contribution in [1.82, 2.24) is 15.1 Å². The van der Waals surface area contributed by atoms with E-state index in [9.17, 15) is 22.8 Å². The third-order valence-corrected chi connectivity index (χ3v) is 3.21. The van der Waals surface area contributed by atoms with Crippen LogP contribution in [0, 0.1) is 0 Å². The van der Waals surface area contributed by atoms with Gasteiger partial charge in [0.2, 0.25) is 0 Å². The Balaban J connectivity index is 2.03.